The van der Waals surface area contributed by atoms with Crippen LogP contribution in [0.15, 0.2) is 34.9 Å². The van der Waals surface area contributed by atoms with E-state index in [0.29, 0.717) is 6.54 Å². The molecule has 0 amide bonds. The minimum absolute atomic E-state index is 0.250. The van der Waals surface area contributed by atoms with Crippen LogP contribution in [0.2, 0.25) is 0 Å². The number of benzene rings is 1. The van der Waals surface area contributed by atoms with Crippen LogP contribution in [-0.4, -0.2) is 27.6 Å². The van der Waals surface area contributed by atoms with Crippen molar-refractivity contribution < 1.29 is 9.84 Å². The second-order valence-electron chi connectivity index (χ2n) is 4.57. The van der Waals surface area contributed by atoms with Crippen LogP contribution in [-0.2, 0) is 6.54 Å². The Hall–Kier alpha value is -1.33. The Balaban J connectivity index is 1.86. The Bertz CT molecular complexity index is 535. The number of aromatic nitrogens is 2. The van der Waals surface area contributed by atoms with E-state index in [1.165, 1.54) is 0 Å². The molecule has 0 radical (unpaired) electrons. The molecule has 0 aliphatic rings. The molecule has 1 aromatic heterocycles. The molecule has 0 saturated carbocycles. The van der Waals surface area contributed by atoms with Gasteiger partial charge in [-0.3, -0.25) is 4.68 Å². The van der Waals surface area contributed by atoms with E-state index < -0.39 is 6.10 Å². The lowest BCUT2D eigenvalue weighted by Crippen LogP contribution is -2.23. The van der Waals surface area contributed by atoms with Crippen LogP contribution in [0.3, 0.4) is 0 Å². The molecule has 2 aromatic rings. The molecule has 0 bridgehead atoms. The molecule has 4 nitrogen and oxygen atoms in total. The number of hydrogen-bond acceptors (Lipinski definition) is 3. The van der Waals surface area contributed by atoms with Crippen LogP contribution >= 0.6 is 15.9 Å². The Morgan fingerprint density at radius 2 is 2.21 bits per heavy atom. The predicted molar refractivity (Wildman–Crippen MR) is 77.3 cm³/mol. The predicted octanol–water partition coefficient (Wildman–Crippen LogP) is 2.70. The molecule has 0 aliphatic carbocycles. The van der Waals surface area contributed by atoms with Crippen molar-refractivity contribution in [1.82, 2.24) is 9.78 Å². The van der Waals surface area contributed by atoms with Crippen LogP contribution in [0.4, 0.5) is 0 Å². The summed E-state index contributed by atoms with van der Waals surface area (Å²) in [5, 5.41) is 14.2. The first-order chi connectivity index (χ1) is 9.04. The van der Waals surface area contributed by atoms with Gasteiger partial charge in [0.1, 0.15) is 18.5 Å². The van der Waals surface area contributed by atoms with Crippen molar-refractivity contribution in [1.29, 1.82) is 0 Å². The van der Waals surface area contributed by atoms with Gasteiger partial charge in [0.05, 0.1) is 16.7 Å². The number of halogens is 1. The molecular weight excluding hydrogens is 308 g/mol. The van der Waals surface area contributed by atoms with Crippen LogP contribution in [0.5, 0.6) is 5.75 Å². The zero-order valence-corrected chi connectivity index (χ0v) is 12.6. The van der Waals surface area contributed by atoms with Crippen LogP contribution in [0.1, 0.15) is 11.3 Å². The molecule has 5 heteroatoms. The Kier molecular flexibility index (Phi) is 4.61. The summed E-state index contributed by atoms with van der Waals surface area (Å²) in [5.41, 5.74) is 2.05. The standard InChI is InChI=1S/C14H17BrN2O2/c1-10-4-3-5-13(6-10)19-9-12(18)7-17-8-14(15)11(2)16-17/h3-6,8,12,18H,7,9H2,1-2H3. The monoisotopic (exact) mass is 324 g/mol. The highest BCUT2D eigenvalue weighted by Gasteiger charge is 2.09. The van der Waals surface area contributed by atoms with Gasteiger partial charge in [0.2, 0.25) is 0 Å². The van der Waals surface area contributed by atoms with Crippen LogP contribution in [0.25, 0.3) is 0 Å². The Labute approximate surface area is 121 Å². The lowest BCUT2D eigenvalue weighted by Gasteiger charge is -2.12. The first kappa shape index (κ1) is 14.1. The number of ether oxygens (including phenoxy) is 1. The third kappa shape index (κ3) is 4.08. The SMILES string of the molecule is Cc1cccc(OCC(O)Cn2cc(Br)c(C)n2)c1. The van der Waals surface area contributed by atoms with Crippen molar-refractivity contribution in [3.8, 4) is 5.75 Å². The van der Waals surface area contributed by atoms with Gasteiger partial charge in [-0.2, -0.15) is 5.10 Å². The highest BCUT2D eigenvalue weighted by Crippen LogP contribution is 2.14. The van der Waals surface area contributed by atoms with E-state index in [1.807, 2.05) is 44.3 Å². The van der Waals surface area contributed by atoms with Gasteiger partial charge in [0.15, 0.2) is 0 Å². The number of hydrogen-bond donors (Lipinski definition) is 1. The van der Waals surface area contributed by atoms with Crippen molar-refractivity contribution in [3.05, 3.63) is 46.2 Å². The van der Waals surface area contributed by atoms with E-state index in [9.17, 15) is 5.11 Å². The molecule has 0 fully saturated rings. The molecule has 2 rings (SSSR count). The van der Waals surface area contributed by atoms with E-state index in [1.54, 1.807) is 4.68 Å². The topological polar surface area (TPSA) is 47.3 Å². The second kappa shape index (κ2) is 6.21. The van der Waals surface area contributed by atoms with Crippen LogP contribution < -0.4 is 4.74 Å². The molecule has 1 N–H and O–H groups in total. The maximum absolute atomic E-state index is 9.93. The lowest BCUT2D eigenvalue weighted by molar-refractivity contribution is 0.0892. The molecule has 0 spiro atoms. The summed E-state index contributed by atoms with van der Waals surface area (Å²) in [6.45, 7) is 4.59. The molecule has 0 saturated heterocycles. The van der Waals surface area contributed by atoms with Crippen molar-refractivity contribution in [2.75, 3.05) is 6.61 Å². The summed E-state index contributed by atoms with van der Waals surface area (Å²) < 4.78 is 8.21. The van der Waals surface area contributed by atoms with Gasteiger partial charge in [-0.05, 0) is 47.5 Å². The van der Waals surface area contributed by atoms with Crippen molar-refractivity contribution in [3.63, 3.8) is 0 Å². The largest absolute Gasteiger partial charge is 0.491 e. The van der Waals surface area contributed by atoms with Gasteiger partial charge in [0.25, 0.3) is 0 Å². The van der Waals surface area contributed by atoms with Gasteiger partial charge < -0.3 is 9.84 Å². The average Bonchev–Trinajstić information content (AvgIpc) is 2.66. The quantitative estimate of drug-likeness (QED) is 0.919. The minimum Gasteiger partial charge on any atom is -0.491 e. The second-order valence-corrected chi connectivity index (χ2v) is 5.42. The molecule has 1 atom stereocenters. The maximum atomic E-state index is 9.93. The molecular formula is C14H17BrN2O2. The zero-order valence-electron chi connectivity index (χ0n) is 11.0. The van der Waals surface area contributed by atoms with Crippen molar-refractivity contribution in [2.24, 2.45) is 0 Å². The third-order valence-corrected chi connectivity index (χ3v) is 3.49. The molecule has 0 aliphatic heterocycles. The highest BCUT2D eigenvalue weighted by atomic mass is 79.9. The normalized spacial score (nSPS) is 12.4. The summed E-state index contributed by atoms with van der Waals surface area (Å²) in [6.07, 6.45) is 1.26. The maximum Gasteiger partial charge on any atom is 0.119 e. The fourth-order valence-electron chi connectivity index (χ4n) is 1.75. The van der Waals surface area contributed by atoms with Crippen molar-refractivity contribution in [2.45, 2.75) is 26.5 Å². The first-order valence-electron chi connectivity index (χ1n) is 6.11. The van der Waals surface area contributed by atoms with Gasteiger partial charge in [-0.25, -0.2) is 0 Å². The summed E-state index contributed by atoms with van der Waals surface area (Å²) in [7, 11) is 0. The van der Waals surface area contributed by atoms with Gasteiger partial charge >= 0.3 is 0 Å². The summed E-state index contributed by atoms with van der Waals surface area (Å²) in [6, 6.07) is 7.77. The van der Waals surface area contributed by atoms with E-state index in [-0.39, 0.29) is 6.61 Å². The van der Waals surface area contributed by atoms with E-state index in [4.69, 9.17) is 4.74 Å². The third-order valence-electron chi connectivity index (χ3n) is 2.72. The fraction of sp³-hybridized carbons (Fsp3) is 0.357. The molecule has 102 valence electrons. The van der Waals surface area contributed by atoms with E-state index >= 15 is 0 Å². The number of aliphatic hydroxyl groups excluding tert-OH is 1. The van der Waals surface area contributed by atoms with Crippen LogP contribution in [0, 0.1) is 13.8 Å². The number of nitrogens with zero attached hydrogens (tertiary/aromatic N) is 2. The molecule has 19 heavy (non-hydrogen) atoms. The van der Waals surface area contributed by atoms with Gasteiger partial charge in [-0.1, -0.05) is 12.1 Å². The Morgan fingerprint density at radius 3 is 2.84 bits per heavy atom. The van der Waals surface area contributed by atoms with Gasteiger partial charge in [0, 0.05) is 6.20 Å². The van der Waals surface area contributed by atoms with E-state index in [0.717, 1.165) is 21.5 Å². The summed E-state index contributed by atoms with van der Waals surface area (Å²) >= 11 is 3.39. The average molecular weight is 325 g/mol. The number of aliphatic hydroxyl groups is 1. The zero-order chi connectivity index (χ0) is 13.8. The molecule has 1 aromatic carbocycles. The molecule has 1 heterocycles. The van der Waals surface area contributed by atoms with E-state index in [2.05, 4.69) is 21.0 Å². The highest BCUT2D eigenvalue weighted by molar-refractivity contribution is 9.10. The summed E-state index contributed by atoms with van der Waals surface area (Å²) in [5.74, 6) is 0.775. The smallest absolute Gasteiger partial charge is 0.119 e. The number of aryl methyl sites for hydroxylation is 2. The molecule has 1 unspecified atom stereocenters. The first-order valence-corrected chi connectivity index (χ1v) is 6.91. The fourth-order valence-corrected chi connectivity index (χ4v) is 2.07. The lowest BCUT2D eigenvalue weighted by atomic mass is 10.2. The van der Waals surface area contributed by atoms with Gasteiger partial charge in [-0.15, -0.1) is 0 Å². The van der Waals surface area contributed by atoms with Crippen molar-refractivity contribution >= 4 is 15.9 Å². The number of rotatable bonds is 5. The summed E-state index contributed by atoms with van der Waals surface area (Å²) in [4.78, 5) is 0. The Morgan fingerprint density at radius 1 is 1.42 bits per heavy atom. The minimum atomic E-state index is -0.591.